The van der Waals surface area contributed by atoms with E-state index in [-0.39, 0.29) is 30.4 Å². The van der Waals surface area contributed by atoms with Crippen LogP contribution in [-0.2, 0) is 24.6 Å². The Morgan fingerprint density at radius 1 is 0.820 bits per heavy atom. The Balaban J connectivity index is 1.33. The van der Waals surface area contributed by atoms with Gasteiger partial charge in [0.15, 0.2) is 0 Å². The van der Waals surface area contributed by atoms with E-state index in [9.17, 15) is 23.9 Å². The molecule has 4 aromatic rings. The van der Waals surface area contributed by atoms with Gasteiger partial charge in [0.05, 0.1) is 34.5 Å². The molecule has 0 aromatic heterocycles. The van der Waals surface area contributed by atoms with Crippen LogP contribution in [0.5, 0.6) is 5.75 Å². The van der Waals surface area contributed by atoms with Gasteiger partial charge in [0.2, 0.25) is 11.8 Å². The van der Waals surface area contributed by atoms with Crippen molar-refractivity contribution >= 4 is 58.2 Å². The van der Waals surface area contributed by atoms with Gasteiger partial charge >= 0.3 is 0 Å². The van der Waals surface area contributed by atoms with Crippen molar-refractivity contribution < 1.29 is 28.7 Å². The minimum absolute atomic E-state index is 0.0323. The van der Waals surface area contributed by atoms with Gasteiger partial charge in [0.25, 0.3) is 11.8 Å². The first kappa shape index (κ1) is 32.2. The summed E-state index contributed by atoms with van der Waals surface area (Å²) in [6.45, 7) is 1.75. The second-order valence-corrected chi connectivity index (χ2v) is 14.2. The Morgan fingerprint density at radius 3 is 2.16 bits per heavy atom. The number of hydrogen-bond donors (Lipinski definition) is 2. The van der Waals surface area contributed by atoms with E-state index in [1.54, 1.807) is 73.7 Å². The maximum absolute atomic E-state index is 15.2. The number of nitrogens with one attached hydrogen (secondary N) is 1. The van der Waals surface area contributed by atoms with Gasteiger partial charge in [-0.25, -0.2) is 4.39 Å². The van der Waals surface area contributed by atoms with Crippen molar-refractivity contribution in [3.8, 4) is 5.75 Å². The van der Waals surface area contributed by atoms with Gasteiger partial charge in [-0.3, -0.25) is 29.5 Å². The largest absolute Gasteiger partial charge is 0.507 e. The minimum atomic E-state index is -1.59. The number of allylic oxidation sites excluding steroid dienone is 2. The third-order valence-corrected chi connectivity index (χ3v) is 11.4. The molecule has 6 atom stereocenters. The number of aryl methyl sites for hydroxylation is 1. The number of nitrogens with zero attached hydrogens (tertiary/aromatic N) is 2. The maximum atomic E-state index is 15.2. The molecule has 6 unspecified atom stereocenters. The number of hydrogen-bond acceptors (Lipinski definition) is 6. The Kier molecular flexibility index (Phi) is 7.62. The second-order valence-electron chi connectivity index (χ2n) is 13.4. The zero-order valence-corrected chi connectivity index (χ0v) is 28.2. The van der Waals surface area contributed by atoms with Crippen LogP contribution in [0.15, 0.2) is 103 Å². The number of hydrazine groups is 1. The number of benzene rings is 4. The lowest BCUT2D eigenvalue weighted by Gasteiger charge is -2.50. The van der Waals surface area contributed by atoms with Crippen LogP contribution in [-0.4, -0.2) is 33.7 Å². The molecule has 0 bridgehead atoms. The molecule has 11 heteroatoms. The first-order valence-electron chi connectivity index (χ1n) is 16.3. The zero-order chi connectivity index (χ0) is 35.1. The third kappa shape index (κ3) is 4.63. The molecule has 4 aromatic carbocycles. The van der Waals surface area contributed by atoms with E-state index in [1.165, 1.54) is 29.2 Å². The lowest BCUT2D eigenvalue weighted by atomic mass is 9.49. The highest BCUT2D eigenvalue weighted by Gasteiger charge is 2.70. The molecule has 2 saturated heterocycles. The normalized spacial score (nSPS) is 27.2. The molecule has 4 amide bonds. The standard InChI is InChI=1S/C39H30Cl2FN3O5/c1-20-3-2-4-29(34(20)46)33-27-17-18-28-32(37(49)44(35(28)47)26-15-9-23(41)10-16-26)30(27)19-31-36(48)45(43-25-13-11-24(42)12-14-25)38(50)39(31,33)21-5-7-22(40)8-6-21/h2-17,28,30-33,43,46H,18-19H2,1H3. The summed E-state index contributed by atoms with van der Waals surface area (Å²) in [5.74, 6) is -6.37. The molecule has 8 nitrogen and oxygen atoms in total. The molecule has 2 aliphatic carbocycles. The Bertz CT molecular complexity index is 2120. The Hall–Kier alpha value is -4.99. The highest BCUT2D eigenvalue weighted by Crippen LogP contribution is 2.65. The molecule has 0 spiro atoms. The molecular formula is C39H30Cl2FN3O5. The van der Waals surface area contributed by atoms with Crippen LogP contribution in [0.2, 0.25) is 10.0 Å². The number of phenols is 1. The number of aromatic hydroxyl groups is 1. The molecular weight excluding hydrogens is 680 g/mol. The monoisotopic (exact) mass is 709 g/mol. The van der Waals surface area contributed by atoms with Gasteiger partial charge in [0, 0.05) is 21.5 Å². The highest BCUT2D eigenvalue weighted by molar-refractivity contribution is 6.31. The van der Waals surface area contributed by atoms with E-state index in [2.05, 4.69) is 5.43 Å². The van der Waals surface area contributed by atoms with Crippen molar-refractivity contribution in [2.45, 2.75) is 31.1 Å². The molecule has 4 aliphatic rings. The smallest absolute Gasteiger partial charge is 0.260 e. The summed E-state index contributed by atoms with van der Waals surface area (Å²) < 4.78 is 13.8. The number of rotatable bonds is 5. The lowest BCUT2D eigenvalue weighted by molar-refractivity contribution is -0.138. The molecule has 50 heavy (non-hydrogen) atoms. The molecule has 0 radical (unpaired) electrons. The third-order valence-electron chi connectivity index (χ3n) is 10.9. The number of phenolic OH excluding ortho intramolecular Hbond substituents is 1. The van der Waals surface area contributed by atoms with Gasteiger partial charge in [0.1, 0.15) is 11.6 Å². The van der Waals surface area contributed by atoms with Gasteiger partial charge < -0.3 is 5.11 Å². The summed E-state index contributed by atoms with van der Waals surface area (Å²) in [6.07, 6.45) is 2.24. The number of amides is 4. The van der Waals surface area contributed by atoms with Crippen LogP contribution in [0, 0.1) is 36.4 Å². The van der Waals surface area contributed by atoms with Gasteiger partial charge in [-0.05, 0) is 97.5 Å². The predicted molar refractivity (Wildman–Crippen MR) is 186 cm³/mol. The summed E-state index contributed by atoms with van der Waals surface area (Å²) in [5.41, 5.74) is 4.28. The van der Waals surface area contributed by atoms with E-state index in [0.717, 1.165) is 5.01 Å². The molecule has 2 heterocycles. The van der Waals surface area contributed by atoms with E-state index >= 15 is 4.79 Å². The van der Waals surface area contributed by atoms with E-state index in [0.29, 0.717) is 43.7 Å². The fourth-order valence-electron chi connectivity index (χ4n) is 8.76. The lowest BCUT2D eigenvalue weighted by Crippen LogP contribution is -2.53. The molecule has 2 N–H and O–H groups in total. The van der Waals surface area contributed by atoms with Crippen molar-refractivity contribution in [2.75, 3.05) is 10.3 Å². The number of halogens is 3. The quantitative estimate of drug-likeness (QED) is 0.166. The first-order chi connectivity index (χ1) is 24.0. The first-order valence-corrected chi connectivity index (χ1v) is 17.1. The van der Waals surface area contributed by atoms with Crippen LogP contribution in [0.1, 0.15) is 35.4 Å². The summed E-state index contributed by atoms with van der Waals surface area (Å²) in [5, 5.41) is 13.6. The van der Waals surface area contributed by atoms with Crippen molar-refractivity contribution in [3.05, 3.63) is 135 Å². The molecule has 8 rings (SSSR count). The van der Waals surface area contributed by atoms with Crippen LogP contribution >= 0.6 is 23.2 Å². The number of fused-ring (bicyclic) bond motifs is 4. The minimum Gasteiger partial charge on any atom is -0.507 e. The van der Waals surface area contributed by atoms with E-state index in [1.807, 2.05) is 6.08 Å². The SMILES string of the molecule is Cc1cccc(C2C3=CCC4C(=O)N(c5ccc(Cl)cc5)C(=O)C4C3CC3C(=O)N(Nc4ccc(F)cc4)C(=O)C32c2ccc(Cl)cc2)c1O. The van der Waals surface area contributed by atoms with E-state index < -0.39 is 52.6 Å². The molecule has 1 saturated carbocycles. The van der Waals surface area contributed by atoms with Gasteiger partial charge in [-0.1, -0.05) is 65.2 Å². The van der Waals surface area contributed by atoms with E-state index in [4.69, 9.17) is 23.2 Å². The van der Waals surface area contributed by atoms with Crippen molar-refractivity contribution in [2.24, 2.45) is 23.7 Å². The summed E-state index contributed by atoms with van der Waals surface area (Å²) >= 11 is 12.5. The topological polar surface area (TPSA) is 107 Å². The van der Waals surface area contributed by atoms with Crippen LogP contribution in [0.3, 0.4) is 0 Å². The number of para-hydroxylation sites is 1. The fraction of sp³-hybridized carbons (Fsp3) is 0.231. The van der Waals surface area contributed by atoms with Gasteiger partial charge in [-0.15, -0.1) is 0 Å². The zero-order valence-electron chi connectivity index (χ0n) is 26.6. The summed E-state index contributed by atoms with van der Waals surface area (Å²) in [4.78, 5) is 59.4. The van der Waals surface area contributed by atoms with Crippen LogP contribution < -0.4 is 10.3 Å². The Labute approximate surface area is 297 Å². The summed E-state index contributed by atoms with van der Waals surface area (Å²) in [6, 6.07) is 23.8. The Morgan fingerprint density at radius 2 is 1.48 bits per heavy atom. The van der Waals surface area contributed by atoms with Crippen molar-refractivity contribution in [3.63, 3.8) is 0 Å². The average molecular weight is 711 g/mol. The van der Waals surface area contributed by atoms with Gasteiger partial charge in [-0.2, -0.15) is 5.01 Å². The molecule has 252 valence electrons. The fourth-order valence-corrected chi connectivity index (χ4v) is 9.01. The summed E-state index contributed by atoms with van der Waals surface area (Å²) in [7, 11) is 0. The average Bonchev–Trinajstić information content (AvgIpc) is 3.48. The number of anilines is 2. The number of imide groups is 2. The van der Waals surface area contributed by atoms with Crippen LogP contribution in [0.4, 0.5) is 15.8 Å². The maximum Gasteiger partial charge on any atom is 0.260 e. The van der Waals surface area contributed by atoms with Crippen molar-refractivity contribution in [1.29, 1.82) is 0 Å². The van der Waals surface area contributed by atoms with Crippen molar-refractivity contribution in [1.82, 2.24) is 5.01 Å². The molecule has 3 fully saturated rings. The predicted octanol–water partition coefficient (Wildman–Crippen LogP) is 7.34. The van der Waals surface area contributed by atoms with Crippen LogP contribution in [0.25, 0.3) is 0 Å². The number of carbonyl (C=O) groups excluding carboxylic acids is 4. The second kappa shape index (κ2) is 11.8. The molecule has 2 aliphatic heterocycles. The highest BCUT2D eigenvalue weighted by atomic mass is 35.5. The number of carbonyl (C=O) groups is 4.